The Labute approximate surface area is 117 Å². The molecule has 1 atom stereocenters. The van der Waals surface area contributed by atoms with Crippen LogP contribution in [-0.2, 0) is 10.0 Å². The highest BCUT2D eigenvalue weighted by molar-refractivity contribution is 7.89. The molecule has 1 aliphatic heterocycles. The van der Waals surface area contributed by atoms with Crippen molar-refractivity contribution in [3.8, 4) is 6.07 Å². The number of nitrogens with zero attached hydrogens (tertiary/aromatic N) is 2. The number of hydrogen-bond donors (Lipinski definition) is 1. The van der Waals surface area contributed by atoms with Crippen LogP contribution in [0.5, 0.6) is 0 Å². The van der Waals surface area contributed by atoms with Gasteiger partial charge in [0.25, 0.3) is 0 Å². The summed E-state index contributed by atoms with van der Waals surface area (Å²) >= 11 is 6.02. The van der Waals surface area contributed by atoms with E-state index >= 15 is 0 Å². The van der Waals surface area contributed by atoms with Gasteiger partial charge in [0.2, 0.25) is 10.0 Å². The molecule has 1 aliphatic rings. The van der Waals surface area contributed by atoms with Gasteiger partial charge in [0.05, 0.1) is 11.1 Å². The summed E-state index contributed by atoms with van der Waals surface area (Å²) in [6.07, 6.45) is 0. The first-order chi connectivity index (χ1) is 8.96. The van der Waals surface area contributed by atoms with Crippen LogP contribution in [0.25, 0.3) is 0 Å². The Bertz CT molecular complexity index is 624. The van der Waals surface area contributed by atoms with Gasteiger partial charge in [0.1, 0.15) is 10.9 Å². The van der Waals surface area contributed by atoms with Crippen molar-refractivity contribution < 1.29 is 8.42 Å². The molecule has 0 bridgehead atoms. The third-order valence-electron chi connectivity index (χ3n) is 3.02. The first kappa shape index (κ1) is 14.3. The number of piperazine rings is 1. The quantitative estimate of drug-likeness (QED) is 0.888. The molecule has 2 rings (SSSR count). The molecule has 19 heavy (non-hydrogen) atoms. The number of halogens is 1. The topological polar surface area (TPSA) is 73.2 Å². The summed E-state index contributed by atoms with van der Waals surface area (Å²) in [6.45, 7) is 2.97. The third-order valence-corrected chi connectivity index (χ3v) is 5.41. The second kappa shape index (κ2) is 5.47. The number of nitrogens with one attached hydrogen (secondary N) is 1. The first-order valence-corrected chi connectivity index (χ1v) is 7.67. The molecule has 0 spiro atoms. The number of benzene rings is 1. The fraction of sp³-hybridized carbons (Fsp3) is 0.417. The van der Waals surface area contributed by atoms with Crippen LogP contribution in [-0.4, -0.2) is 38.4 Å². The molecule has 5 nitrogen and oxygen atoms in total. The average Bonchev–Trinajstić information content (AvgIpc) is 2.38. The normalized spacial score (nSPS) is 21.0. The fourth-order valence-electron chi connectivity index (χ4n) is 2.02. The summed E-state index contributed by atoms with van der Waals surface area (Å²) in [5, 5.41) is 12.2. The van der Waals surface area contributed by atoms with E-state index < -0.39 is 16.1 Å². The largest absolute Gasteiger partial charge is 0.313 e. The Morgan fingerprint density at radius 1 is 1.53 bits per heavy atom. The average molecular weight is 300 g/mol. The number of hydrogen-bond acceptors (Lipinski definition) is 4. The minimum atomic E-state index is -3.73. The van der Waals surface area contributed by atoms with Crippen LogP contribution in [0.1, 0.15) is 5.56 Å². The highest BCUT2D eigenvalue weighted by Crippen LogP contribution is 2.27. The summed E-state index contributed by atoms with van der Waals surface area (Å²) < 4.78 is 26.3. The molecule has 0 aromatic heterocycles. The van der Waals surface area contributed by atoms with Crippen LogP contribution >= 0.6 is 11.6 Å². The van der Waals surface area contributed by atoms with Crippen LogP contribution in [0.2, 0.25) is 5.02 Å². The lowest BCUT2D eigenvalue weighted by atomic mass is 10.2. The SMILES string of the molecule is Cc1ccc(S(=O)(=O)N2CCNCC2C#N)c(Cl)c1. The second-order valence-electron chi connectivity index (χ2n) is 4.40. The first-order valence-electron chi connectivity index (χ1n) is 5.85. The predicted octanol–water partition coefficient (Wildman–Crippen LogP) is 1.13. The fourth-order valence-corrected chi connectivity index (χ4v) is 4.14. The number of aryl methyl sites for hydroxylation is 1. The van der Waals surface area contributed by atoms with Crippen molar-refractivity contribution in [2.45, 2.75) is 17.9 Å². The van der Waals surface area contributed by atoms with Gasteiger partial charge in [-0.15, -0.1) is 0 Å². The molecule has 7 heteroatoms. The van der Waals surface area contributed by atoms with E-state index in [9.17, 15) is 8.42 Å². The third kappa shape index (κ3) is 2.74. The molecule has 0 aliphatic carbocycles. The molecule has 0 radical (unpaired) electrons. The lowest BCUT2D eigenvalue weighted by molar-refractivity contribution is 0.312. The number of sulfonamides is 1. The zero-order chi connectivity index (χ0) is 14.0. The van der Waals surface area contributed by atoms with Gasteiger partial charge in [0, 0.05) is 19.6 Å². The highest BCUT2D eigenvalue weighted by Gasteiger charge is 2.34. The predicted molar refractivity (Wildman–Crippen MR) is 72.4 cm³/mol. The molecule has 1 N–H and O–H groups in total. The Morgan fingerprint density at radius 2 is 2.26 bits per heavy atom. The molecule has 1 heterocycles. The summed E-state index contributed by atoms with van der Waals surface area (Å²) in [7, 11) is -3.73. The van der Waals surface area contributed by atoms with E-state index in [1.165, 1.54) is 10.4 Å². The van der Waals surface area contributed by atoms with Crippen molar-refractivity contribution in [3.63, 3.8) is 0 Å². The van der Waals surface area contributed by atoms with Crippen LogP contribution in [0.3, 0.4) is 0 Å². The van der Waals surface area contributed by atoms with Crippen LogP contribution in [0.4, 0.5) is 0 Å². The molecule has 102 valence electrons. The maximum atomic E-state index is 12.6. The van der Waals surface area contributed by atoms with Crippen molar-refractivity contribution in [1.82, 2.24) is 9.62 Å². The zero-order valence-corrected chi connectivity index (χ0v) is 12.0. The molecule has 0 saturated carbocycles. The summed E-state index contributed by atoms with van der Waals surface area (Å²) in [5.41, 5.74) is 0.890. The van der Waals surface area contributed by atoms with Crippen LogP contribution in [0.15, 0.2) is 23.1 Å². The molecular formula is C12H14ClN3O2S. The minimum Gasteiger partial charge on any atom is -0.313 e. The van der Waals surface area contributed by atoms with Crippen molar-refractivity contribution >= 4 is 21.6 Å². The van der Waals surface area contributed by atoms with Crippen molar-refractivity contribution in [2.24, 2.45) is 0 Å². The van der Waals surface area contributed by atoms with Crippen molar-refractivity contribution in [2.75, 3.05) is 19.6 Å². The zero-order valence-electron chi connectivity index (χ0n) is 10.4. The standard InChI is InChI=1S/C12H14ClN3O2S/c1-9-2-3-12(11(13)6-9)19(17,18)16-5-4-15-8-10(16)7-14/h2-3,6,10,15H,4-5,8H2,1H3. The number of rotatable bonds is 2. The highest BCUT2D eigenvalue weighted by atomic mass is 35.5. The Balaban J connectivity index is 2.44. The van der Waals surface area contributed by atoms with Gasteiger partial charge in [-0.25, -0.2) is 8.42 Å². The van der Waals surface area contributed by atoms with E-state index in [1.807, 2.05) is 13.0 Å². The second-order valence-corrected chi connectivity index (χ2v) is 6.66. The Hall–Kier alpha value is -1.13. The molecular weight excluding hydrogens is 286 g/mol. The van der Waals surface area contributed by atoms with E-state index in [2.05, 4.69) is 5.32 Å². The minimum absolute atomic E-state index is 0.0573. The van der Waals surface area contributed by atoms with E-state index in [0.29, 0.717) is 13.1 Å². The van der Waals surface area contributed by atoms with Gasteiger partial charge in [-0.1, -0.05) is 17.7 Å². The lowest BCUT2D eigenvalue weighted by Crippen LogP contribution is -2.52. The van der Waals surface area contributed by atoms with Gasteiger partial charge in [-0.2, -0.15) is 9.57 Å². The van der Waals surface area contributed by atoms with Crippen LogP contribution in [0, 0.1) is 18.3 Å². The maximum Gasteiger partial charge on any atom is 0.245 e. The van der Waals surface area contributed by atoms with Gasteiger partial charge in [-0.05, 0) is 24.6 Å². The van der Waals surface area contributed by atoms with Gasteiger partial charge in [-0.3, -0.25) is 0 Å². The summed E-state index contributed by atoms with van der Waals surface area (Å²) in [6, 6.07) is 6.10. The van der Waals surface area contributed by atoms with Crippen LogP contribution < -0.4 is 5.32 Å². The van der Waals surface area contributed by atoms with E-state index in [1.54, 1.807) is 12.1 Å². The van der Waals surface area contributed by atoms with E-state index in [-0.39, 0.29) is 16.5 Å². The lowest BCUT2D eigenvalue weighted by Gasteiger charge is -2.31. The molecule has 0 amide bonds. The van der Waals surface area contributed by atoms with E-state index in [4.69, 9.17) is 16.9 Å². The molecule has 1 aromatic carbocycles. The number of nitriles is 1. The Kier molecular flexibility index (Phi) is 4.11. The molecule has 1 fully saturated rings. The van der Waals surface area contributed by atoms with Crippen molar-refractivity contribution in [3.05, 3.63) is 28.8 Å². The molecule has 1 saturated heterocycles. The summed E-state index contributed by atoms with van der Waals surface area (Å²) in [4.78, 5) is 0.0573. The van der Waals surface area contributed by atoms with Crippen molar-refractivity contribution in [1.29, 1.82) is 5.26 Å². The molecule has 1 unspecified atom stereocenters. The monoisotopic (exact) mass is 299 g/mol. The van der Waals surface area contributed by atoms with Gasteiger partial charge < -0.3 is 5.32 Å². The van der Waals surface area contributed by atoms with E-state index in [0.717, 1.165) is 5.56 Å². The summed E-state index contributed by atoms with van der Waals surface area (Å²) in [5.74, 6) is 0. The smallest absolute Gasteiger partial charge is 0.245 e. The molecule has 1 aromatic rings. The Morgan fingerprint density at radius 3 is 2.89 bits per heavy atom. The maximum absolute atomic E-state index is 12.6. The van der Waals surface area contributed by atoms with Gasteiger partial charge >= 0.3 is 0 Å². The van der Waals surface area contributed by atoms with Gasteiger partial charge in [0.15, 0.2) is 0 Å².